The number of carbonyl (C=O) groups excluding carboxylic acids is 1. The lowest BCUT2D eigenvalue weighted by Crippen LogP contribution is -2.45. The molecule has 0 radical (unpaired) electrons. The van der Waals surface area contributed by atoms with E-state index in [2.05, 4.69) is 52.6 Å². The van der Waals surface area contributed by atoms with Gasteiger partial charge in [0.25, 0.3) is 5.91 Å². The molecule has 2 unspecified atom stereocenters. The number of aliphatic hydroxyl groups excluding tert-OH is 1. The molecular weight excluding hydrogens is 530 g/mol. The van der Waals surface area contributed by atoms with Crippen LogP contribution in [0.15, 0.2) is 88.3 Å². The third-order valence-electron chi connectivity index (χ3n) is 8.09. The van der Waals surface area contributed by atoms with Crippen LogP contribution in [0, 0.1) is 0 Å². The minimum Gasteiger partial charge on any atom is -0.387 e. The molecule has 0 bridgehead atoms. The normalized spacial score (nSPS) is 19.9. The number of likely N-dealkylation sites (tertiary alicyclic amines) is 1. The lowest BCUT2D eigenvalue weighted by molar-refractivity contribution is -0.117. The molecule has 6 rings (SSSR count). The van der Waals surface area contributed by atoms with Gasteiger partial charge in [-0.2, -0.15) is 0 Å². The number of nitrogens with one attached hydrogen (secondary N) is 2. The van der Waals surface area contributed by atoms with Gasteiger partial charge in [0, 0.05) is 29.6 Å². The number of hydrogen-bond acceptors (Lipinski definition) is 7. The van der Waals surface area contributed by atoms with Crippen LogP contribution >= 0.6 is 11.8 Å². The van der Waals surface area contributed by atoms with Crippen LogP contribution in [0.25, 0.3) is 5.57 Å². The van der Waals surface area contributed by atoms with Crippen LogP contribution in [-0.4, -0.2) is 53.6 Å². The number of anilines is 3. The second-order valence-corrected chi connectivity index (χ2v) is 11.9. The van der Waals surface area contributed by atoms with Crippen LogP contribution in [0.2, 0.25) is 0 Å². The van der Waals surface area contributed by atoms with Crippen molar-refractivity contribution in [2.75, 3.05) is 36.9 Å². The Hall–Kier alpha value is -3.59. The molecule has 2 aromatic carbocycles. The summed E-state index contributed by atoms with van der Waals surface area (Å²) < 4.78 is 0. The number of carbonyl (C=O) groups is 1. The standard InChI is InChI=1S/C33H37N5O2S/c1-3-11-24-25-17-18-29(34-21-27(39)22-12-5-4-6-13-22)36-31(25)38-26-15-7-8-16-28(26)41-33(38)30(24)32(40)35-20-23-14-9-10-19-37(23)2/h4-8,11-13,15-18,23,27,39H,3,9-10,14,19-21H2,1-2H3,(H,34,36)(H,35,40)/b24-11+. The Morgan fingerprint density at radius 1 is 1.12 bits per heavy atom. The average Bonchev–Trinajstić information content (AvgIpc) is 3.39. The van der Waals surface area contributed by atoms with Crippen molar-refractivity contribution < 1.29 is 9.90 Å². The lowest BCUT2D eigenvalue weighted by Gasteiger charge is -2.34. The first-order valence-electron chi connectivity index (χ1n) is 14.5. The van der Waals surface area contributed by atoms with Gasteiger partial charge in [-0.3, -0.25) is 9.69 Å². The van der Waals surface area contributed by atoms with Gasteiger partial charge in [0.05, 0.1) is 22.4 Å². The molecule has 3 N–H and O–H groups in total. The van der Waals surface area contributed by atoms with Gasteiger partial charge >= 0.3 is 0 Å². The molecule has 7 nitrogen and oxygen atoms in total. The summed E-state index contributed by atoms with van der Waals surface area (Å²) in [5, 5.41) is 18.2. The molecule has 0 saturated carbocycles. The molecule has 212 valence electrons. The number of amides is 1. The van der Waals surface area contributed by atoms with Gasteiger partial charge in [0.15, 0.2) is 0 Å². The molecule has 1 aromatic heterocycles. The first kappa shape index (κ1) is 27.6. The molecule has 41 heavy (non-hydrogen) atoms. The summed E-state index contributed by atoms with van der Waals surface area (Å²) in [4.78, 5) is 24.6. The van der Waals surface area contributed by atoms with Gasteiger partial charge in [0.2, 0.25) is 0 Å². The smallest absolute Gasteiger partial charge is 0.254 e. The van der Waals surface area contributed by atoms with E-state index < -0.39 is 6.10 Å². The molecule has 1 saturated heterocycles. The topological polar surface area (TPSA) is 80.7 Å². The number of piperidine rings is 1. The molecule has 4 heterocycles. The summed E-state index contributed by atoms with van der Waals surface area (Å²) in [6, 6.07) is 22.2. The van der Waals surface area contributed by atoms with Gasteiger partial charge < -0.3 is 20.6 Å². The molecule has 3 aliphatic rings. The quantitative estimate of drug-likeness (QED) is 0.304. The minimum absolute atomic E-state index is 0.0391. The van der Waals surface area contributed by atoms with Crippen LogP contribution in [0.5, 0.6) is 0 Å². The van der Waals surface area contributed by atoms with E-state index in [1.807, 2.05) is 54.6 Å². The first-order chi connectivity index (χ1) is 20.0. The highest BCUT2D eigenvalue weighted by Crippen LogP contribution is 2.56. The number of aromatic nitrogens is 1. The fourth-order valence-electron chi connectivity index (χ4n) is 5.87. The monoisotopic (exact) mass is 567 g/mol. The number of hydrogen-bond donors (Lipinski definition) is 3. The zero-order valence-electron chi connectivity index (χ0n) is 23.6. The zero-order valence-corrected chi connectivity index (χ0v) is 24.5. The Labute approximate surface area is 246 Å². The number of pyridine rings is 1. The number of thioether (sulfide) groups is 1. The van der Waals surface area contributed by atoms with Crippen molar-refractivity contribution in [1.29, 1.82) is 0 Å². The van der Waals surface area contributed by atoms with Crippen molar-refractivity contribution in [1.82, 2.24) is 15.2 Å². The molecule has 1 fully saturated rings. The second-order valence-electron chi connectivity index (χ2n) is 10.8. The molecule has 0 aliphatic carbocycles. The molecule has 0 spiro atoms. The van der Waals surface area contributed by atoms with E-state index in [1.165, 1.54) is 12.8 Å². The highest BCUT2D eigenvalue weighted by molar-refractivity contribution is 8.03. The maximum Gasteiger partial charge on any atom is 0.254 e. The van der Waals surface area contributed by atoms with E-state index in [0.717, 1.165) is 57.5 Å². The third kappa shape index (κ3) is 5.52. The second kappa shape index (κ2) is 12.1. The Morgan fingerprint density at radius 3 is 2.73 bits per heavy atom. The van der Waals surface area contributed by atoms with Crippen molar-refractivity contribution in [3.05, 3.63) is 94.5 Å². The van der Waals surface area contributed by atoms with Gasteiger partial charge in [0.1, 0.15) is 11.6 Å². The maximum atomic E-state index is 14.0. The van der Waals surface area contributed by atoms with Crippen LogP contribution in [0.3, 0.4) is 0 Å². The van der Waals surface area contributed by atoms with E-state index in [-0.39, 0.29) is 5.91 Å². The number of para-hydroxylation sites is 1. The predicted molar refractivity (Wildman–Crippen MR) is 167 cm³/mol. The highest BCUT2D eigenvalue weighted by atomic mass is 32.2. The fourth-order valence-corrected chi connectivity index (χ4v) is 7.07. The highest BCUT2D eigenvalue weighted by Gasteiger charge is 2.39. The number of benzene rings is 2. The Kier molecular flexibility index (Phi) is 8.14. The van der Waals surface area contributed by atoms with Crippen molar-refractivity contribution in [2.24, 2.45) is 0 Å². The van der Waals surface area contributed by atoms with Crippen molar-refractivity contribution in [2.45, 2.75) is 49.6 Å². The molecule has 8 heteroatoms. The molecule has 2 atom stereocenters. The summed E-state index contributed by atoms with van der Waals surface area (Å²) in [6.07, 6.45) is 5.81. The largest absolute Gasteiger partial charge is 0.387 e. The van der Waals surface area contributed by atoms with Crippen LogP contribution in [-0.2, 0) is 4.79 Å². The Bertz CT molecular complexity index is 1490. The number of likely N-dealkylation sites (N-methyl/N-ethyl adjacent to an activating group) is 1. The number of fused-ring (bicyclic) bond motifs is 5. The van der Waals surface area contributed by atoms with E-state index in [1.54, 1.807) is 11.8 Å². The van der Waals surface area contributed by atoms with Crippen LogP contribution < -0.4 is 15.5 Å². The fraction of sp³-hybridized carbons (Fsp3) is 0.333. The number of aliphatic hydroxyl groups is 1. The van der Waals surface area contributed by atoms with Crippen molar-refractivity contribution >= 4 is 40.6 Å². The third-order valence-corrected chi connectivity index (χ3v) is 9.24. The number of nitrogens with zero attached hydrogens (tertiary/aromatic N) is 3. The van der Waals surface area contributed by atoms with Crippen molar-refractivity contribution in [3.63, 3.8) is 0 Å². The average molecular weight is 568 g/mol. The van der Waals surface area contributed by atoms with E-state index in [4.69, 9.17) is 4.98 Å². The molecule has 3 aliphatic heterocycles. The Balaban J connectivity index is 1.34. The van der Waals surface area contributed by atoms with Gasteiger partial charge in [-0.15, -0.1) is 0 Å². The maximum absolute atomic E-state index is 14.0. The van der Waals surface area contributed by atoms with Crippen LogP contribution in [0.1, 0.15) is 49.8 Å². The summed E-state index contributed by atoms with van der Waals surface area (Å²) >= 11 is 1.63. The molecular formula is C33H37N5O2S. The van der Waals surface area contributed by atoms with Gasteiger partial charge in [-0.1, -0.05) is 73.6 Å². The van der Waals surface area contributed by atoms with E-state index in [9.17, 15) is 9.90 Å². The summed E-state index contributed by atoms with van der Waals surface area (Å²) in [5.41, 5.74) is 4.45. The number of allylic oxidation sites excluding steroid dienone is 1. The summed E-state index contributed by atoms with van der Waals surface area (Å²) in [7, 11) is 2.15. The van der Waals surface area contributed by atoms with Gasteiger partial charge in [-0.25, -0.2) is 4.98 Å². The molecule has 1 amide bonds. The Morgan fingerprint density at radius 2 is 1.93 bits per heavy atom. The SMILES string of the molecule is CC/C=C1/C(C(=O)NCC2CCCCN2C)=C2Sc3ccccc3N2c2nc(NCC(O)c3ccccc3)ccc21. The lowest BCUT2D eigenvalue weighted by atomic mass is 9.93. The summed E-state index contributed by atoms with van der Waals surface area (Å²) in [5.74, 6) is 1.43. The van der Waals surface area contributed by atoms with Crippen molar-refractivity contribution in [3.8, 4) is 0 Å². The zero-order chi connectivity index (χ0) is 28.3. The van der Waals surface area contributed by atoms with E-state index >= 15 is 0 Å². The summed E-state index contributed by atoms with van der Waals surface area (Å²) in [6.45, 7) is 4.15. The predicted octanol–water partition coefficient (Wildman–Crippen LogP) is 6.09. The minimum atomic E-state index is -0.651. The van der Waals surface area contributed by atoms with Gasteiger partial charge in [-0.05, 0) is 68.3 Å². The number of rotatable bonds is 8. The molecule has 3 aromatic rings. The first-order valence-corrected chi connectivity index (χ1v) is 15.4. The van der Waals surface area contributed by atoms with E-state index in [0.29, 0.717) is 30.5 Å². The van der Waals surface area contributed by atoms with Crippen LogP contribution in [0.4, 0.5) is 17.3 Å².